The van der Waals surface area contributed by atoms with Gasteiger partial charge in [-0.05, 0) is 20.2 Å². The van der Waals surface area contributed by atoms with E-state index in [1.165, 1.54) is 0 Å². The standard InChI is InChI=1S/C11H14N4O5/c1-13(2)6-5-12-11(16)9-4-3-8(14(17)18)7-10(9)15(19)20/h3-4,7H,5-6H2,1-2H3,(H,12,16). The zero-order valence-electron chi connectivity index (χ0n) is 11.0. The SMILES string of the molecule is CN(C)CCNC(=O)c1ccc([N+](=O)[O-])cc1[N+](=O)[O-]. The zero-order chi connectivity index (χ0) is 15.3. The molecule has 0 spiro atoms. The quantitative estimate of drug-likeness (QED) is 0.608. The molecule has 0 radical (unpaired) electrons. The van der Waals surface area contributed by atoms with Crippen LogP contribution in [0.25, 0.3) is 0 Å². The lowest BCUT2D eigenvalue weighted by molar-refractivity contribution is -0.394. The lowest BCUT2D eigenvalue weighted by Crippen LogP contribution is -2.31. The summed E-state index contributed by atoms with van der Waals surface area (Å²) >= 11 is 0. The summed E-state index contributed by atoms with van der Waals surface area (Å²) in [6.45, 7) is 0.895. The van der Waals surface area contributed by atoms with Crippen LogP contribution >= 0.6 is 0 Å². The molecule has 0 atom stereocenters. The van der Waals surface area contributed by atoms with Gasteiger partial charge in [-0.15, -0.1) is 0 Å². The van der Waals surface area contributed by atoms with Crippen molar-refractivity contribution in [2.75, 3.05) is 27.2 Å². The van der Waals surface area contributed by atoms with Crippen molar-refractivity contribution >= 4 is 17.3 Å². The molecule has 1 amide bonds. The third-order valence-corrected chi connectivity index (χ3v) is 2.48. The molecule has 20 heavy (non-hydrogen) atoms. The normalized spacial score (nSPS) is 10.3. The second-order valence-corrected chi connectivity index (χ2v) is 4.27. The van der Waals surface area contributed by atoms with Gasteiger partial charge < -0.3 is 10.2 Å². The molecule has 0 fully saturated rings. The largest absolute Gasteiger partial charge is 0.351 e. The van der Waals surface area contributed by atoms with Gasteiger partial charge in [-0.3, -0.25) is 25.0 Å². The Hall–Kier alpha value is -2.55. The molecule has 1 aromatic carbocycles. The summed E-state index contributed by atoms with van der Waals surface area (Å²) in [5, 5.41) is 24.0. The van der Waals surface area contributed by atoms with Crippen LogP contribution in [0.3, 0.4) is 0 Å². The van der Waals surface area contributed by atoms with Crippen LogP contribution in [0.5, 0.6) is 0 Å². The van der Waals surface area contributed by atoms with Crippen molar-refractivity contribution in [3.8, 4) is 0 Å². The fourth-order valence-electron chi connectivity index (χ4n) is 1.46. The van der Waals surface area contributed by atoms with E-state index in [9.17, 15) is 25.0 Å². The van der Waals surface area contributed by atoms with Crippen molar-refractivity contribution in [2.45, 2.75) is 0 Å². The molecule has 108 valence electrons. The minimum Gasteiger partial charge on any atom is -0.351 e. The molecule has 0 aromatic heterocycles. The Morgan fingerprint density at radius 3 is 2.40 bits per heavy atom. The maximum absolute atomic E-state index is 11.8. The van der Waals surface area contributed by atoms with Crippen LogP contribution in [0.1, 0.15) is 10.4 Å². The molecular formula is C11H14N4O5. The highest BCUT2D eigenvalue weighted by Gasteiger charge is 2.23. The predicted octanol–water partition coefficient (Wildman–Crippen LogP) is 0.794. The molecule has 0 heterocycles. The van der Waals surface area contributed by atoms with Crippen molar-refractivity contribution < 1.29 is 14.6 Å². The first-order chi connectivity index (χ1) is 9.32. The number of hydrogen-bond donors (Lipinski definition) is 1. The molecule has 9 heteroatoms. The predicted molar refractivity (Wildman–Crippen MR) is 70.6 cm³/mol. The number of likely N-dealkylation sites (N-methyl/N-ethyl adjacent to an activating group) is 1. The van der Waals surface area contributed by atoms with E-state index in [1.54, 1.807) is 0 Å². The number of benzene rings is 1. The van der Waals surface area contributed by atoms with Gasteiger partial charge in [0.2, 0.25) is 0 Å². The number of amides is 1. The van der Waals surface area contributed by atoms with Gasteiger partial charge in [-0.2, -0.15) is 0 Å². The Morgan fingerprint density at radius 2 is 1.90 bits per heavy atom. The Morgan fingerprint density at radius 1 is 1.25 bits per heavy atom. The Kier molecular flexibility index (Phi) is 5.09. The molecule has 1 aromatic rings. The average molecular weight is 282 g/mol. The average Bonchev–Trinajstić information content (AvgIpc) is 2.37. The minimum atomic E-state index is -0.812. The maximum atomic E-state index is 11.8. The molecule has 1 rings (SSSR count). The number of nitro benzene ring substituents is 2. The van der Waals surface area contributed by atoms with Gasteiger partial charge in [-0.1, -0.05) is 0 Å². The summed E-state index contributed by atoms with van der Waals surface area (Å²) in [5.41, 5.74) is -1.21. The van der Waals surface area contributed by atoms with E-state index in [2.05, 4.69) is 5.32 Å². The van der Waals surface area contributed by atoms with Crippen LogP contribution in [0, 0.1) is 20.2 Å². The number of rotatable bonds is 6. The number of carbonyl (C=O) groups excluding carboxylic acids is 1. The second-order valence-electron chi connectivity index (χ2n) is 4.27. The van der Waals surface area contributed by atoms with Crippen molar-refractivity contribution in [1.29, 1.82) is 0 Å². The first-order valence-electron chi connectivity index (χ1n) is 5.68. The third kappa shape index (κ3) is 3.99. The number of carbonyl (C=O) groups is 1. The third-order valence-electron chi connectivity index (χ3n) is 2.48. The second kappa shape index (κ2) is 6.57. The van der Waals surface area contributed by atoms with E-state index in [0.29, 0.717) is 13.1 Å². The molecule has 0 saturated heterocycles. The van der Waals surface area contributed by atoms with E-state index in [1.807, 2.05) is 19.0 Å². The topological polar surface area (TPSA) is 119 Å². The summed E-state index contributed by atoms with van der Waals surface area (Å²) < 4.78 is 0. The van der Waals surface area contributed by atoms with Crippen LogP contribution < -0.4 is 5.32 Å². The van der Waals surface area contributed by atoms with Crippen LogP contribution in [0.4, 0.5) is 11.4 Å². The molecule has 0 unspecified atom stereocenters. The number of nitrogens with zero attached hydrogens (tertiary/aromatic N) is 3. The Labute approximate surface area is 114 Å². The number of hydrogen-bond acceptors (Lipinski definition) is 6. The van der Waals surface area contributed by atoms with Gasteiger partial charge in [0.1, 0.15) is 5.56 Å². The van der Waals surface area contributed by atoms with Crippen LogP contribution in [0.15, 0.2) is 18.2 Å². The monoisotopic (exact) mass is 282 g/mol. The molecule has 1 N–H and O–H groups in total. The fourth-order valence-corrected chi connectivity index (χ4v) is 1.46. The van der Waals surface area contributed by atoms with Gasteiger partial charge in [0.25, 0.3) is 17.3 Å². The summed E-state index contributed by atoms with van der Waals surface area (Å²) in [4.78, 5) is 33.6. The lowest BCUT2D eigenvalue weighted by atomic mass is 10.1. The van der Waals surface area contributed by atoms with Crippen LogP contribution in [-0.4, -0.2) is 47.8 Å². The number of nitro groups is 2. The molecule has 0 saturated carbocycles. The first-order valence-corrected chi connectivity index (χ1v) is 5.68. The van der Waals surface area contributed by atoms with Gasteiger partial charge in [0, 0.05) is 19.2 Å². The highest BCUT2D eigenvalue weighted by Crippen LogP contribution is 2.24. The van der Waals surface area contributed by atoms with E-state index >= 15 is 0 Å². The first kappa shape index (κ1) is 15.5. The van der Waals surface area contributed by atoms with Gasteiger partial charge in [-0.25, -0.2) is 0 Å². The Bertz CT molecular complexity index is 544. The molecule has 0 bridgehead atoms. The number of non-ortho nitro benzene ring substituents is 1. The van der Waals surface area contributed by atoms with E-state index in [0.717, 1.165) is 18.2 Å². The molecular weight excluding hydrogens is 268 g/mol. The fraction of sp³-hybridized carbons (Fsp3) is 0.364. The summed E-state index contributed by atoms with van der Waals surface area (Å²) in [6.07, 6.45) is 0. The Balaban J connectivity index is 2.96. The highest BCUT2D eigenvalue weighted by atomic mass is 16.6. The maximum Gasteiger partial charge on any atom is 0.289 e. The van der Waals surface area contributed by atoms with E-state index in [4.69, 9.17) is 0 Å². The molecule has 0 aliphatic heterocycles. The lowest BCUT2D eigenvalue weighted by Gasteiger charge is -2.10. The minimum absolute atomic E-state index is 0.195. The summed E-state index contributed by atoms with van der Waals surface area (Å²) in [5.74, 6) is -0.631. The van der Waals surface area contributed by atoms with E-state index < -0.39 is 27.1 Å². The van der Waals surface area contributed by atoms with Gasteiger partial charge in [0.05, 0.1) is 15.9 Å². The molecule has 9 nitrogen and oxygen atoms in total. The van der Waals surface area contributed by atoms with Gasteiger partial charge >= 0.3 is 0 Å². The number of nitrogens with one attached hydrogen (secondary N) is 1. The van der Waals surface area contributed by atoms with Gasteiger partial charge in [0.15, 0.2) is 0 Å². The molecule has 0 aliphatic carbocycles. The molecule has 0 aliphatic rings. The highest BCUT2D eigenvalue weighted by molar-refractivity contribution is 5.98. The van der Waals surface area contributed by atoms with E-state index in [-0.39, 0.29) is 5.56 Å². The van der Waals surface area contributed by atoms with Crippen molar-refractivity contribution in [3.63, 3.8) is 0 Å². The van der Waals surface area contributed by atoms with Crippen LogP contribution in [-0.2, 0) is 0 Å². The van der Waals surface area contributed by atoms with Crippen molar-refractivity contribution in [1.82, 2.24) is 10.2 Å². The smallest absolute Gasteiger partial charge is 0.289 e. The van der Waals surface area contributed by atoms with Crippen molar-refractivity contribution in [2.24, 2.45) is 0 Å². The zero-order valence-corrected chi connectivity index (χ0v) is 11.0. The van der Waals surface area contributed by atoms with Crippen molar-refractivity contribution in [3.05, 3.63) is 44.0 Å². The van der Waals surface area contributed by atoms with Crippen LogP contribution in [0.2, 0.25) is 0 Å². The summed E-state index contributed by atoms with van der Waals surface area (Å²) in [7, 11) is 3.64. The summed E-state index contributed by atoms with van der Waals surface area (Å²) in [6, 6.07) is 2.93.